The first-order chi connectivity index (χ1) is 13.6. The maximum absolute atomic E-state index is 13.3. The lowest BCUT2D eigenvalue weighted by molar-refractivity contribution is 0.0486. The average Bonchev–Trinajstić information content (AvgIpc) is 3.30. The van der Waals surface area contributed by atoms with Crippen LogP contribution in [0.2, 0.25) is 0 Å². The predicted octanol–water partition coefficient (Wildman–Crippen LogP) is 3.22. The number of carbonyl (C=O) groups excluding carboxylic acids is 1. The number of phenolic OH excluding ortho intramolecular Hbond substituents is 1. The lowest BCUT2D eigenvalue weighted by Gasteiger charge is -2.27. The van der Waals surface area contributed by atoms with Gasteiger partial charge in [0.2, 0.25) is 5.76 Å². The molecule has 6 nitrogen and oxygen atoms in total. The number of carbonyl (C=O) groups is 1. The molecule has 3 heterocycles. The second kappa shape index (κ2) is 6.49. The van der Waals surface area contributed by atoms with E-state index < -0.39 is 6.04 Å². The highest BCUT2D eigenvalue weighted by Gasteiger charge is 2.43. The molecule has 0 aliphatic carbocycles. The van der Waals surface area contributed by atoms with Crippen molar-refractivity contribution < 1.29 is 19.1 Å². The molecule has 0 unspecified atom stereocenters. The van der Waals surface area contributed by atoms with E-state index in [-0.39, 0.29) is 28.9 Å². The van der Waals surface area contributed by atoms with Gasteiger partial charge >= 0.3 is 0 Å². The van der Waals surface area contributed by atoms with Crippen LogP contribution in [0.4, 0.5) is 0 Å². The topological polar surface area (TPSA) is 80.0 Å². The normalized spacial score (nSPS) is 21.4. The first-order valence-corrected chi connectivity index (χ1v) is 9.41. The number of aromatic hydroxyl groups is 1. The van der Waals surface area contributed by atoms with E-state index in [0.717, 1.165) is 12.8 Å². The number of para-hydroxylation sites is 1. The Kier molecular flexibility index (Phi) is 3.94. The van der Waals surface area contributed by atoms with Crippen LogP contribution in [0.3, 0.4) is 0 Å². The summed E-state index contributed by atoms with van der Waals surface area (Å²) in [6.07, 6.45) is 1.76. The maximum Gasteiger partial charge on any atom is 0.291 e. The Morgan fingerprint density at radius 1 is 1.11 bits per heavy atom. The van der Waals surface area contributed by atoms with Gasteiger partial charge in [0.05, 0.1) is 23.1 Å². The van der Waals surface area contributed by atoms with Crippen LogP contribution in [0.15, 0.2) is 57.7 Å². The van der Waals surface area contributed by atoms with Gasteiger partial charge in [-0.2, -0.15) is 0 Å². The summed E-state index contributed by atoms with van der Waals surface area (Å²) in [6.45, 7) is 1.05. The monoisotopic (exact) mass is 377 g/mol. The Hall–Kier alpha value is -3.12. The number of hydrogen-bond acceptors (Lipinski definition) is 5. The number of rotatable bonds is 3. The summed E-state index contributed by atoms with van der Waals surface area (Å²) in [6, 6.07) is 13.0. The fourth-order valence-electron chi connectivity index (χ4n) is 4.20. The molecule has 0 spiro atoms. The number of ether oxygens (including phenoxy) is 1. The number of phenols is 1. The fraction of sp³-hybridized carbons (Fsp3) is 0.273. The first kappa shape index (κ1) is 17.0. The van der Waals surface area contributed by atoms with Crippen molar-refractivity contribution in [2.75, 3.05) is 13.2 Å². The molecule has 1 saturated heterocycles. The van der Waals surface area contributed by atoms with E-state index in [4.69, 9.17) is 9.15 Å². The van der Waals surface area contributed by atoms with Crippen LogP contribution in [0.5, 0.6) is 5.75 Å². The minimum Gasteiger partial charge on any atom is -0.508 e. The molecule has 1 fully saturated rings. The van der Waals surface area contributed by atoms with E-state index in [0.29, 0.717) is 35.2 Å². The Balaban J connectivity index is 1.71. The Morgan fingerprint density at radius 3 is 2.75 bits per heavy atom. The van der Waals surface area contributed by atoms with Crippen LogP contribution in [-0.2, 0) is 4.74 Å². The van der Waals surface area contributed by atoms with Crippen molar-refractivity contribution in [3.63, 3.8) is 0 Å². The van der Waals surface area contributed by atoms with Gasteiger partial charge in [-0.05, 0) is 42.7 Å². The summed E-state index contributed by atoms with van der Waals surface area (Å²) in [7, 11) is 0. The van der Waals surface area contributed by atoms with Crippen molar-refractivity contribution in [1.29, 1.82) is 0 Å². The summed E-state index contributed by atoms with van der Waals surface area (Å²) in [5.41, 5.74) is 1.18. The van der Waals surface area contributed by atoms with Gasteiger partial charge < -0.3 is 19.2 Å². The minimum absolute atomic E-state index is 0.0670. The van der Waals surface area contributed by atoms with Gasteiger partial charge in [0, 0.05) is 13.2 Å². The molecule has 1 amide bonds. The number of fused-ring (bicyclic) bond motifs is 2. The molecule has 2 atom stereocenters. The zero-order valence-electron chi connectivity index (χ0n) is 15.1. The van der Waals surface area contributed by atoms with Gasteiger partial charge in [-0.25, -0.2) is 0 Å². The van der Waals surface area contributed by atoms with E-state index >= 15 is 0 Å². The summed E-state index contributed by atoms with van der Waals surface area (Å²) < 4.78 is 11.6. The van der Waals surface area contributed by atoms with Gasteiger partial charge in [0.1, 0.15) is 11.3 Å². The number of nitrogens with zero attached hydrogens (tertiary/aromatic N) is 1. The SMILES string of the molecule is O=C1c2oc3ccccc3c(=O)c2[C@H](c2cccc(O)c2)N1C[C@@H]1CCCO1. The van der Waals surface area contributed by atoms with E-state index in [9.17, 15) is 14.7 Å². The maximum atomic E-state index is 13.3. The average molecular weight is 377 g/mol. The first-order valence-electron chi connectivity index (χ1n) is 9.41. The second-order valence-corrected chi connectivity index (χ2v) is 7.26. The quantitative estimate of drug-likeness (QED) is 0.758. The van der Waals surface area contributed by atoms with Crippen LogP contribution < -0.4 is 5.43 Å². The number of hydrogen-bond donors (Lipinski definition) is 1. The van der Waals surface area contributed by atoms with Crippen molar-refractivity contribution in [1.82, 2.24) is 4.90 Å². The van der Waals surface area contributed by atoms with E-state index in [1.54, 1.807) is 47.4 Å². The second-order valence-electron chi connectivity index (χ2n) is 7.26. The smallest absolute Gasteiger partial charge is 0.291 e. The zero-order valence-corrected chi connectivity index (χ0v) is 15.1. The molecule has 2 aliphatic rings. The number of benzene rings is 2. The van der Waals surface area contributed by atoms with Gasteiger partial charge in [0.25, 0.3) is 5.91 Å². The fourth-order valence-corrected chi connectivity index (χ4v) is 4.20. The molecule has 6 heteroatoms. The van der Waals surface area contributed by atoms with Crippen LogP contribution in [0.1, 0.15) is 40.6 Å². The van der Waals surface area contributed by atoms with E-state index in [1.807, 2.05) is 6.07 Å². The molecule has 142 valence electrons. The van der Waals surface area contributed by atoms with Crippen molar-refractivity contribution in [3.05, 3.63) is 75.6 Å². The lowest BCUT2D eigenvalue weighted by Crippen LogP contribution is -2.36. The molecule has 2 aromatic carbocycles. The van der Waals surface area contributed by atoms with Crippen LogP contribution in [0, 0.1) is 0 Å². The number of amides is 1. The van der Waals surface area contributed by atoms with E-state index in [2.05, 4.69) is 0 Å². The zero-order chi connectivity index (χ0) is 19.3. The Morgan fingerprint density at radius 2 is 1.96 bits per heavy atom. The summed E-state index contributed by atoms with van der Waals surface area (Å²) in [5, 5.41) is 10.4. The molecular weight excluding hydrogens is 358 g/mol. The summed E-state index contributed by atoms with van der Waals surface area (Å²) in [5.74, 6) is -0.155. The van der Waals surface area contributed by atoms with Crippen LogP contribution in [-0.4, -0.2) is 35.2 Å². The molecule has 2 aliphatic heterocycles. The van der Waals surface area contributed by atoms with Crippen LogP contribution >= 0.6 is 0 Å². The molecule has 0 radical (unpaired) electrons. The van der Waals surface area contributed by atoms with Crippen molar-refractivity contribution in [2.45, 2.75) is 25.0 Å². The van der Waals surface area contributed by atoms with Gasteiger partial charge in [-0.15, -0.1) is 0 Å². The third kappa shape index (κ3) is 2.60. The molecule has 0 bridgehead atoms. The highest BCUT2D eigenvalue weighted by molar-refractivity contribution is 5.99. The summed E-state index contributed by atoms with van der Waals surface area (Å²) >= 11 is 0. The lowest BCUT2D eigenvalue weighted by atomic mass is 9.98. The van der Waals surface area contributed by atoms with Crippen molar-refractivity contribution >= 4 is 16.9 Å². The molecule has 5 rings (SSSR count). The van der Waals surface area contributed by atoms with Gasteiger partial charge in [0.15, 0.2) is 5.43 Å². The van der Waals surface area contributed by atoms with E-state index in [1.165, 1.54) is 0 Å². The molecule has 1 aromatic heterocycles. The molecule has 1 N–H and O–H groups in total. The Labute approximate surface area is 161 Å². The molecular formula is C22H19NO5. The molecule has 28 heavy (non-hydrogen) atoms. The van der Waals surface area contributed by atoms with Crippen molar-refractivity contribution in [3.8, 4) is 5.75 Å². The summed E-state index contributed by atoms with van der Waals surface area (Å²) in [4.78, 5) is 28.1. The van der Waals surface area contributed by atoms with Gasteiger partial charge in [-0.1, -0.05) is 24.3 Å². The Bertz CT molecular complexity index is 1130. The minimum atomic E-state index is -0.611. The van der Waals surface area contributed by atoms with Crippen molar-refractivity contribution in [2.24, 2.45) is 0 Å². The molecule has 0 saturated carbocycles. The van der Waals surface area contributed by atoms with Crippen LogP contribution in [0.25, 0.3) is 11.0 Å². The highest BCUT2D eigenvalue weighted by Crippen LogP contribution is 2.39. The standard InChI is InChI=1S/C22H19NO5/c24-14-6-3-5-13(11-14)19-18-20(25)16-8-1-2-9-17(16)28-21(18)22(26)23(19)12-15-7-4-10-27-15/h1-3,5-6,8-9,11,15,19,24H,4,7,10,12H2/t15-,19-/m0/s1. The molecule has 3 aromatic rings. The predicted molar refractivity (Wildman–Crippen MR) is 102 cm³/mol. The third-order valence-corrected chi connectivity index (χ3v) is 5.48. The third-order valence-electron chi connectivity index (χ3n) is 5.48. The highest BCUT2D eigenvalue weighted by atomic mass is 16.5. The van der Waals surface area contributed by atoms with Gasteiger partial charge in [-0.3, -0.25) is 9.59 Å². The largest absolute Gasteiger partial charge is 0.508 e.